The monoisotopic (exact) mass is 226 g/mol. The predicted molar refractivity (Wildman–Crippen MR) is 53.5 cm³/mol. The van der Waals surface area contributed by atoms with E-state index in [1.54, 1.807) is 0 Å². The van der Waals surface area contributed by atoms with Crippen LogP contribution >= 0.6 is 0 Å². The first-order chi connectivity index (χ1) is 7.50. The maximum absolute atomic E-state index is 11.5. The lowest BCUT2D eigenvalue weighted by Gasteiger charge is -2.32. The molecule has 2 aliphatic rings. The Morgan fingerprint density at radius 1 is 1.44 bits per heavy atom. The number of hydrogen-bond donors (Lipinski definition) is 1. The molecule has 4 amide bonds. The van der Waals surface area contributed by atoms with Gasteiger partial charge in [0.2, 0.25) is 11.8 Å². The van der Waals surface area contributed by atoms with E-state index in [4.69, 9.17) is 4.74 Å². The molecule has 16 heavy (non-hydrogen) atoms. The Morgan fingerprint density at radius 3 is 2.75 bits per heavy atom. The number of carbonyl (C=O) groups is 3. The number of imide groups is 2. The van der Waals surface area contributed by atoms with Gasteiger partial charge in [-0.1, -0.05) is 0 Å². The van der Waals surface area contributed by atoms with Crippen LogP contribution in [0.2, 0.25) is 0 Å². The quantitative estimate of drug-likeness (QED) is 0.674. The molecule has 2 heterocycles. The number of amides is 4. The molecule has 88 valence electrons. The number of hydrogen-bond acceptors (Lipinski definition) is 4. The highest BCUT2D eigenvalue weighted by Gasteiger charge is 2.39. The van der Waals surface area contributed by atoms with E-state index in [0.29, 0.717) is 6.61 Å². The molecule has 0 aliphatic carbocycles. The maximum atomic E-state index is 11.5. The summed E-state index contributed by atoms with van der Waals surface area (Å²) in [6, 6.07) is -0.641. The standard InChI is InChI=1S/C10H14N2O4/c1-10(3-2-4-16-10)6-12-8(14)5-7(13)11-9(12)15/h2-6H2,1H3,(H,11,13,15). The van der Waals surface area contributed by atoms with Crippen LogP contribution in [0.1, 0.15) is 26.2 Å². The molecular formula is C10H14N2O4. The number of rotatable bonds is 2. The van der Waals surface area contributed by atoms with Gasteiger partial charge in [0.15, 0.2) is 0 Å². The van der Waals surface area contributed by atoms with Gasteiger partial charge in [0.1, 0.15) is 6.42 Å². The van der Waals surface area contributed by atoms with Crippen molar-refractivity contribution in [1.29, 1.82) is 0 Å². The summed E-state index contributed by atoms with van der Waals surface area (Å²) >= 11 is 0. The Labute approximate surface area is 92.9 Å². The Kier molecular flexibility index (Phi) is 2.67. The fourth-order valence-corrected chi connectivity index (χ4v) is 2.03. The minimum absolute atomic E-state index is 0.213. The minimum atomic E-state index is -0.641. The van der Waals surface area contributed by atoms with Gasteiger partial charge in [-0.05, 0) is 19.8 Å². The summed E-state index contributed by atoms with van der Waals surface area (Å²) in [4.78, 5) is 35.0. The first kappa shape index (κ1) is 11.1. The second-order valence-electron chi connectivity index (χ2n) is 4.41. The number of carbonyl (C=O) groups excluding carboxylic acids is 3. The minimum Gasteiger partial charge on any atom is -0.373 e. The van der Waals surface area contributed by atoms with Gasteiger partial charge in [-0.2, -0.15) is 0 Å². The fraction of sp³-hybridized carbons (Fsp3) is 0.700. The molecule has 0 radical (unpaired) electrons. The lowest BCUT2D eigenvalue weighted by Crippen LogP contribution is -2.56. The average molecular weight is 226 g/mol. The molecule has 1 N–H and O–H groups in total. The van der Waals surface area contributed by atoms with Crippen molar-refractivity contribution in [3.8, 4) is 0 Å². The van der Waals surface area contributed by atoms with Crippen molar-refractivity contribution in [1.82, 2.24) is 10.2 Å². The third kappa shape index (κ3) is 2.06. The van der Waals surface area contributed by atoms with E-state index < -0.39 is 23.4 Å². The largest absolute Gasteiger partial charge is 0.373 e. The van der Waals surface area contributed by atoms with Crippen LogP contribution in [0.4, 0.5) is 4.79 Å². The van der Waals surface area contributed by atoms with Crippen LogP contribution in [0, 0.1) is 0 Å². The van der Waals surface area contributed by atoms with Crippen molar-refractivity contribution in [2.24, 2.45) is 0 Å². The topological polar surface area (TPSA) is 75.7 Å². The Balaban J connectivity index is 2.06. The molecule has 0 aromatic rings. The molecule has 2 rings (SSSR count). The normalized spacial score (nSPS) is 30.8. The molecule has 6 heteroatoms. The Hall–Kier alpha value is -1.43. The van der Waals surface area contributed by atoms with E-state index >= 15 is 0 Å². The number of nitrogens with zero attached hydrogens (tertiary/aromatic N) is 1. The van der Waals surface area contributed by atoms with Crippen LogP contribution in [0.5, 0.6) is 0 Å². The number of ether oxygens (including phenoxy) is 1. The van der Waals surface area contributed by atoms with Crippen LogP contribution in [-0.2, 0) is 14.3 Å². The van der Waals surface area contributed by atoms with Gasteiger partial charge in [-0.3, -0.25) is 19.8 Å². The van der Waals surface area contributed by atoms with Crippen molar-refractivity contribution >= 4 is 17.8 Å². The lowest BCUT2D eigenvalue weighted by atomic mass is 10.0. The van der Waals surface area contributed by atoms with Gasteiger partial charge in [0.05, 0.1) is 12.1 Å². The third-order valence-corrected chi connectivity index (χ3v) is 2.90. The molecule has 1 unspecified atom stereocenters. The van der Waals surface area contributed by atoms with Gasteiger partial charge in [-0.25, -0.2) is 4.79 Å². The highest BCUT2D eigenvalue weighted by atomic mass is 16.5. The zero-order valence-corrected chi connectivity index (χ0v) is 9.12. The summed E-state index contributed by atoms with van der Waals surface area (Å²) in [5.74, 6) is -0.991. The highest BCUT2D eigenvalue weighted by Crippen LogP contribution is 2.26. The van der Waals surface area contributed by atoms with Crippen LogP contribution in [-0.4, -0.2) is 41.5 Å². The number of urea groups is 1. The molecule has 2 saturated heterocycles. The summed E-state index contributed by atoms with van der Waals surface area (Å²) < 4.78 is 5.51. The van der Waals surface area contributed by atoms with Gasteiger partial charge >= 0.3 is 6.03 Å². The second-order valence-corrected chi connectivity index (χ2v) is 4.41. The van der Waals surface area contributed by atoms with Gasteiger partial charge in [0.25, 0.3) is 0 Å². The molecule has 1 atom stereocenters. The SMILES string of the molecule is CC1(CN2C(=O)CC(=O)NC2=O)CCCO1. The summed E-state index contributed by atoms with van der Waals surface area (Å²) in [5.41, 5.74) is -0.465. The van der Waals surface area contributed by atoms with E-state index in [1.807, 2.05) is 6.92 Å². The lowest BCUT2D eigenvalue weighted by molar-refractivity contribution is -0.138. The van der Waals surface area contributed by atoms with Crippen molar-refractivity contribution in [2.75, 3.05) is 13.2 Å². The summed E-state index contributed by atoms with van der Waals surface area (Å²) in [6.45, 7) is 2.74. The Bertz CT molecular complexity index is 327. The van der Waals surface area contributed by atoms with Crippen LogP contribution < -0.4 is 5.32 Å². The summed E-state index contributed by atoms with van der Waals surface area (Å²) in [6.07, 6.45) is 1.49. The summed E-state index contributed by atoms with van der Waals surface area (Å²) in [5, 5.41) is 2.12. The molecule has 6 nitrogen and oxygen atoms in total. The molecular weight excluding hydrogens is 212 g/mol. The molecule has 0 bridgehead atoms. The van der Waals surface area contributed by atoms with Crippen molar-refractivity contribution in [3.63, 3.8) is 0 Å². The van der Waals surface area contributed by atoms with Crippen molar-refractivity contribution in [2.45, 2.75) is 31.8 Å². The number of nitrogens with one attached hydrogen (secondary N) is 1. The van der Waals surface area contributed by atoms with Crippen molar-refractivity contribution < 1.29 is 19.1 Å². The maximum Gasteiger partial charge on any atom is 0.330 e. The molecule has 0 spiro atoms. The third-order valence-electron chi connectivity index (χ3n) is 2.90. The highest BCUT2D eigenvalue weighted by molar-refractivity contribution is 6.14. The predicted octanol–water partition coefficient (Wildman–Crippen LogP) is 0.0240. The molecule has 0 aromatic heterocycles. The molecule has 0 saturated carbocycles. The zero-order valence-electron chi connectivity index (χ0n) is 9.12. The molecule has 2 fully saturated rings. The smallest absolute Gasteiger partial charge is 0.330 e. The second kappa shape index (κ2) is 3.86. The van der Waals surface area contributed by atoms with Crippen molar-refractivity contribution in [3.05, 3.63) is 0 Å². The van der Waals surface area contributed by atoms with Gasteiger partial charge < -0.3 is 4.74 Å². The van der Waals surface area contributed by atoms with E-state index in [2.05, 4.69) is 5.32 Å². The summed E-state index contributed by atoms with van der Waals surface area (Å²) in [7, 11) is 0. The first-order valence-electron chi connectivity index (χ1n) is 5.28. The number of barbiturate groups is 1. The molecule has 2 aliphatic heterocycles. The van der Waals surface area contributed by atoms with Gasteiger partial charge in [0, 0.05) is 6.61 Å². The first-order valence-corrected chi connectivity index (χ1v) is 5.28. The Morgan fingerprint density at radius 2 is 2.19 bits per heavy atom. The van der Waals surface area contributed by atoms with Crippen LogP contribution in [0.15, 0.2) is 0 Å². The van der Waals surface area contributed by atoms with Gasteiger partial charge in [-0.15, -0.1) is 0 Å². The van der Waals surface area contributed by atoms with E-state index in [9.17, 15) is 14.4 Å². The van der Waals surface area contributed by atoms with Crippen LogP contribution in [0.3, 0.4) is 0 Å². The van der Waals surface area contributed by atoms with E-state index in [1.165, 1.54) is 0 Å². The molecule has 0 aromatic carbocycles. The van der Waals surface area contributed by atoms with E-state index in [-0.39, 0.29) is 13.0 Å². The average Bonchev–Trinajstić information content (AvgIpc) is 2.59. The fourth-order valence-electron chi connectivity index (χ4n) is 2.03. The zero-order chi connectivity index (χ0) is 11.8. The van der Waals surface area contributed by atoms with Crippen LogP contribution in [0.25, 0.3) is 0 Å². The van der Waals surface area contributed by atoms with E-state index in [0.717, 1.165) is 17.7 Å².